The maximum absolute atomic E-state index is 13.2. The quantitative estimate of drug-likeness (QED) is 0.860. The molecule has 0 radical (unpaired) electrons. The van der Waals surface area contributed by atoms with Gasteiger partial charge in [0.25, 0.3) is 0 Å². The Morgan fingerprint density at radius 2 is 1.85 bits per heavy atom. The van der Waals surface area contributed by atoms with E-state index >= 15 is 0 Å². The molecule has 3 nitrogen and oxygen atoms in total. The Morgan fingerprint density at radius 1 is 1.15 bits per heavy atom. The second-order valence-electron chi connectivity index (χ2n) is 4.15. The highest BCUT2D eigenvalue weighted by Crippen LogP contribution is 2.36. The summed E-state index contributed by atoms with van der Waals surface area (Å²) in [5.41, 5.74) is 4.62. The van der Waals surface area contributed by atoms with Crippen LogP contribution in [-0.4, -0.2) is 9.97 Å². The molecule has 0 spiro atoms. The Hall–Kier alpha value is -2.18. The molecule has 2 rings (SSSR count). The van der Waals surface area contributed by atoms with Crippen molar-refractivity contribution in [1.82, 2.24) is 9.97 Å². The van der Waals surface area contributed by atoms with Crippen LogP contribution in [0.1, 0.15) is 18.2 Å². The van der Waals surface area contributed by atoms with E-state index in [2.05, 4.69) is 9.97 Å². The topological polar surface area (TPSA) is 51.8 Å². The predicted octanol–water partition coefficient (Wildman–Crippen LogP) is 3.45. The van der Waals surface area contributed by atoms with Crippen LogP contribution < -0.4 is 5.73 Å². The van der Waals surface area contributed by atoms with Gasteiger partial charge in [-0.25, -0.2) is 14.4 Å². The van der Waals surface area contributed by atoms with Crippen molar-refractivity contribution >= 4 is 5.82 Å². The van der Waals surface area contributed by atoms with Gasteiger partial charge in [0.2, 0.25) is 0 Å². The van der Waals surface area contributed by atoms with Gasteiger partial charge >= 0.3 is 6.18 Å². The molecule has 0 saturated heterocycles. The third-order valence-corrected chi connectivity index (χ3v) is 2.69. The minimum atomic E-state index is -4.62. The summed E-state index contributed by atoms with van der Waals surface area (Å²) >= 11 is 0. The molecule has 0 fully saturated rings. The number of aryl methyl sites for hydroxylation is 1. The highest BCUT2D eigenvalue weighted by Gasteiger charge is 2.34. The van der Waals surface area contributed by atoms with Gasteiger partial charge in [-0.1, -0.05) is 6.92 Å². The van der Waals surface area contributed by atoms with Crippen molar-refractivity contribution < 1.29 is 17.6 Å². The van der Waals surface area contributed by atoms with Crippen LogP contribution in [0.25, 0.3) is 11.4 Å². The normalized spacial score (nSPS) is 11.7. The summed E-state index contributed by atoms with van der Waals surface area (Å²) in [5.74, 6) is -0.977. The van der Waals surface area contributed by atoms with Crippen molar-refractivity contribution in [3.8, 4) is 11.4 Å². The van der Waals surface area contributed by atoms with E-state index < -0.39 is 23.1 Å². The van der Waals surface area contributed by atoms with Crippen molar-refractivity contribution in [2.75, 3.05) is 5.73 Å². The van der Waals surface area contributed by atoms with E-state index in [4.69, 9.17) is 5.73 Å². The Kier molecular flexibility index (Phi) is 3.61. The summed E-state index contributed by atoms with van der Waals surface area (Å²) in [6, 6.07) is 3.65. The molecule has 2 N–H and O–H groups in total. The first kappa shape index (κ1) is 14.2. The fraction of sp³-hybridized carbons (Fsp3) is 0.231. The summed E-state index contributed by atoms with van der Waals surface area (Å²) in [5, 5.41) is 0. The van der Waals surface area contributed by atoms with Gasteiger partial charge in [0.1, 0.15) is 11.6 Å². The predicted molar refractivity (Wildman–Crippen MR) is 66.2 cm³/mol. The van der Waals surface area contributed by atoms with Crippen LogP contribution in [0.15, 0.2) is 24.3 Å². The minimum Gasteiger partial charge on any atom is -0.384 e. The van der Waals surface area contributed by atoms with Gasteiger partial charge in [-0.15, -0.1) is 0 Å². The molecule has 2 aromatic rings. The maximum Gasteiger partial charge on any atom is 0.417 e. The molecule has 0 aliphatic carbocycles. The first-order valence-corrected chi connectivity index (χ1v) is 5.82. The second kappa shape index (κ2) is 5.07. The van der Waals surface area contributed by atoms with Gasteiger partial charge < -0.3 is 5.73 Å². The lowest BCUT2D eigenvalue weighted by atomic mass is 10.1. The molecule has 20 heavy (non-hydrogen) atoms. The molecule has 0 atom stereocenters. The molecule has 7 heteroatoms. The van der Waals surface area contributed by atoms with E-state index in [1.54, 1.807) is 6.92 Å². The zero-order valence-corrected chi connectivity index (χ0v) is 10.5. The highest BCUT2D eigenvalue weighted by atomic mass is 19.4. The summed E-state index contributed by atoms with van der Waals surface area (Å²) in [6.45, 7) is 1.78. The van der Waals surface area contributed by atoms with E-state index in [0.717, 1.165) is 12.1 Å². The Morgan fingerprint density at radius 3 is 2.45 bits per heavy atom. The van der Waals surface area contributed by atoms with Gasteiger partial charge in [-0.05, 0) is 24.6 Å². The Bertz CT molecular complexity index is 638. The summed E-state index contributed by atoms with van der Waals surface area (Å²) in [7, 11) is 0. The fourth-order valence-corrected chi connectivity index (χ4v) is 1.77. The highest BCUT2D eigenvalue weighted by molar-refractivity contribution is 5.62. The lowest BCUT2D eigenvalue weighted by Gasteiger charge is -2.12. The molecule has 0 saturated carbocycles. The largest absolute Gasteiger partial charge is 0.417 e. The lowest BCUT2D eigenvalue weighted by Crippen LogP contribution is -2.09. The SMILES string of the molecule is CCc1cc(N)nc(-c2cc(F)ccc2C(F)(F)F)n1. The molecule has 0 unspecified atom stereocenters. The van der Waals surface area contributed by atoms with Crippen LogP contribution in [0.2, 0.25) is 0 Å². The molecule has 1 heterocycles. The number of nitrogens with zero attached hydrogens (tertiary/aromatic N) is 2. The molecule has 0 amide bonds. The number of nitrogen functional groups attached to an aromatic ring is 1. The van der Waals surface area contributed by atoms with Crippen LogP contribution >= 0.6 is 0 Å². The number of halogens is 4. The second-order valence-corrected chi connectivity index (χ2v) is 4.15. The third-order valence-electron chi connectivity index (χ3n) is 2.69. The average Bonchev–Trinajstić information content (AvgIpc) is 2.36. The van der Waals surface area contributed by atoms with Gasteiger partial charge in [0.05, 0.1) is 5.56 Å². The molecule has 0 aliphatic heterocycles. The van der Waals surface area contributed by atoms with Gasteiger partial charge in [-0.3, -0.25) is 0 Å². The zero-order valence-electron chi connectivity index (χ0n) is 10.5. The van der Waals surface area contributed by atoms with Gasteiger partial charge in [-0.2, -0.15) is 13.2 Å². The molecular weight excluding hydrogens is 274 g/mol. The molecular formula is C13H11F4N3. The van der Waals surface area contributed by atoms with Crippen LogP contribution in [0.3, 0.4) is 0 Å². The number of nitrogens with two attached hydrogens (primary N) is 1. The van der Waals surface area contributed by atoms with E-state index in [1.807, 2.05) is 0 Å². The van der Waals surface area contributed by atoms with Gasteiger partial charge in [0, 0.05) is 17.3 Å². The Labute approximate surface area is 112 Å². The molecule has 1 aromatic carbocycles. The van der Waals surface area contributed by atoms with Crippen LogP contribution in [-0.2, 0) is 12.6 Å². The molecule has 1 aromatic heterocycles. The van der Waals surface area contributed by atoms with E-state index in [1.165, 1.54) is 6.07 Å². The number of alkyl halides is 3. The molecule has 0 bridgehead atoms. The van der Waals surface area contributed by atoms with Crippen molar-refractivity contribution in [2.45, 2.75) is 19.5 Å². The average molecular weight is 285 g/mol. The number of aromatic nitrogens is 2. The summed E-state index contributed by atoms with van der Waals surface area (Å²) < 4.78 is 52.1. The van der Waals surface area contributed by atoms with E-state index in [9.17, 15) is 17.6 Å². The minimum absolute atomic E-state index is 0.0456. The zero-order chi connectivity index (χ0) is 14.9. The number of hydrogen-bond acceptors (Lipinski definition) is 3. The molecule has 0 aliphatic rings. The number of anilines is 1. The summed E-state index contributed by atoms with van der Waals surface area (Å²) in [4.78, 5) is 7.75. The third kappa shape index (κ3) is 2.87. The van der Waals surface area contributed by atoms with Crippen LogP contribution in [0, 0.1) is 5.82 Å². The van der Waals surface area contributed by atoms with Crippen molar-refractivity contribution in [2.24, 2.45) is 0 Å². The van der Waals surface area contributed by atoms with Crippen molar-refractivity contribution in [3.63, 3.8) is 0 Å². The lowest BCUT2D eigenvalue weighted by molar-refractivity contribution is -0.137. The first-order chi connectivity index (χ1) is 9.31. The number of benzene rings is 1. The monoisotopic (exact) mass is 285 g/mol. The van der Waals surface area contributed by atoms with E-state index in [-0.39, 0.29) is 11.6 Å². The fourth-order valence-electron chi connectivity index (χ4n) is 1.77. The summed E-state index contributed by atoms with van der Waals surface area (Å²) in [6.07, 6.45) is -4.14. The van der Waals surface area contributed by atoms with Gasteiger partial charge in [0.15, 0.2) is 5.82 Å². The van der Waals surface area contributed by atoms with Crippen LogP contribution in [0.5, 0.6) is 0 Å². The Balaban J connectivity index is 2.68. The number of hydrogen-bond donors (Lipinski definition) is 1. The number of rotatable bonds is 2. The standard InChI is InChI=1S/C13H11F4N3/c1-2-8-6-11(18)20-12(19-8)9-5-7(14)3-4-10(9)13(15,16)17/h3-6H,2H2,1H3,(H2,18,19,20). The molecule has 106 valence electrons. The first-order valence-electron chi connectivity index (χ1n) is 5.82. The maximum atomic E-state index is 13.2. The smallest absolute Gasteiger partial charge is 0.384 e. The van der Waals surface area contributed by atoms with Crippen LogP contribution in [0.4, 0.5) is 23.4 Å². The van der Waals surface area contributed by atoms with E-state index in [0.29, 0.717) is 18.2 Å². The van der Waals surface area contributed by atoms with Crippen molar-refractivity contribution in [3.05, 3.63) is 41.3 Å². The van der Waals surface area contributed by atoms with Crippen molar-refractivity contribution in [1.29, 1.82) is 0 Å².